The molecule has 1 radical (unpaired) electrons. The lowest BCUT2D eigenvalue weighted by molar-refractivity contribution is -0.248. The van der Waals surface area contributed by atoms with Gasteiger partial charge in [-0.3, -0.25) is 9.59 Å². The minimum atomic E-state index is -0.790. The fraction of sp³-hybridized carbons (Fsp3) is 0.846. The third kappa shape index (κ3) is 3.45. The van der Waals surface area contributed by atoms with E-state index in [-0.39, 0.29) is 13.2 Å². The quantitative estimate of drug-likeness (QED) is 0.570. The molecule has 0 N–H and O–H groups in total. The zero-order valence-electron chi connectivity index (χ0n) is 12.2. The average molecular weight is 272 g/mol. The topological polar surface area (TPSA) is 75.7 Å². The molecule has 6 heteroatoms. The zero-order chi connectivity index (χ0) is 14.8. The van der Waals surface area contributed by atoms with Crippen molar-refractivity contribution in [3.63, 3.8) is 0 Å². The fourth-order valence-corrected chi connectivity index (χ4v) is 2.55. The number of esters is 2. The molecular weight excluding hydrogens is 250 g/mol. The van der Waals surface area contributed by atoms with Gasteiger partial charge in [-0.1, -0.05) is 0 Å². The molecule has 109 valence electrons. The molecule has 0 amide bonds. The Balaban J connectivity index is 2.56. The van der Waals surface area contributed by atoms with Gasteiger partial charge in [-0.15, -0.1) is 10.3 Å². The SMILES string of the molecule is CC(=O)OCCOC(=O)C1CC(C)(C)N([O])C1(C)C. The second-order valence-electron chi connectivity index (χ2n) is 6.02. The maximum atomic E-state index is 12.1. The van der Waals surface area contributed by atoms with Gasteiger partial charge in [0.15, 0.2) is 0 Å². The highest BCUT2D eigenvalue weighted by Crippen LogP contribution is 2.44. The summed E-state index contributed by atoms with van der Waals surface area (Å²) in [5.74, 6) is -1.30. The van der Waals surface area contributed by atoms with Crippen molar-refractivity contribution in [2.24, 2.45) is 5.92 Å². The van der Waals surface area contributed by atoms with E-state index >= 15 is 0 Å². The van der Waals surface area contributed by atoms with Crippen molar-refractivity contribution < 1.29 is 24.3 Å². The van der Waals surface area contributed by atoms with Crippen molar-refractivity contribution in [3.05, 3.63) is 0 Å². The van der Waals surface area contributed by atoms with Gasteiger partial charge in [-0.2, -0.15) is 0 Å². The first-order valence-corrected chi connectivity index (χ1v) is 6.36. The molecule has 0 spiro atoms. The Labute approximate surface area is 113 Å². The fourth-order valence-electron chi connectivity index (χ4n) is 2.55. The molecule has 1 heterocycles. The molecule has 1 aliphatic rings. The van der Waals surface area contributed by atoms with Crippen LogP contribution in [-0.2, 0) is 24.3 Å². The number of carbonyl (C=O) groups is 2. The lowest BCUT2D eigenvalue weighted by Gasteiger charge is -2.32. The van der Waals surface area contributed by atoms with Gasteiger partial charge >= 0.3 is 11.9 Å². The van der Waals surface area contributed by atoms with E-state index in [1.807, 2.05) is 13.8 Å². The Hall–Kier alpha value is -1.14. The van der Waals surface area contributed by atoms with Gasteiger partial charge < -0.3 is 9.47 Å². The standard InChI is InChI=1S/C13H22NO5/c1-9(15)18-6-7-19-11(16)10-8-12(2,3)14(17)13(10,4)5/h10H,6-8H2,1-5H3. The van der Waals surface area contributed by atoms with Crippen LogP contribution in [-0.4, -0.2) is 41.3 Å². The molecule has 1 saturated heterocycles. The van der Waals surface area contributed by atoms with E-state index in [1.165, 1.54) is 6.92 Å². The summed E-state index contributed by atoms with van der Waals surface area (Å²) in [4.78, 5) is 22.6. The highest BCUT2D eigenvalue weighted by Gasteiger charge is 2.55. The van der Waals surface area contributed by atoms with Crippen LogP contribution in [0.5, 0.6) is 0 Å². The summed E-state index contributed by atoms with van der Waals surface area (Å²) in [7, 11) is 0. The van der Waals surface area contributed by atoms with Crippen molar-refractivity contribution in [1.82, 2.24) is 5.06 Å². The Kier molecular flexibility index (Phi) is 4.58. The van der Waals surface area contributed by atoms with E-state index in [9.17, 15) is 14.8 Å². The van der Waals surface area contributed by atoms with Crippen molar-refractivity contribution in [2.75, 3.05) is 13.2 Å². The molecular formula is C13H22NO5. The number of hydrogen-bond acceptors (Lipinski definition) is 5. The Morgan fingerprint density at radius 3 is 2.11 bits per heavy atom. The van der Waals surface area contributed by atoms with Gasteiger partial charge in [0.25, 0.3) is 0 Å². The van der Waals surface area contributed by atoms with Crippen molar-refractivity contribution in [2.45, 2.75) is 52.1 Å². The molecule has 6 nitrogen and oxygen atoms in total. The molecule has 0 aliphatic carbocycles. The molecule has 1 rings (SSSR count). The first kappa shape index (κ1) is 15.9. The zero-order valence-corrected chi connectivity index (χ0v) is 12.2. The highest BCUT2D eigenvalue weighted by atomic mass is 16.6. The Bertz CT molecular complexity index is 364. The molecule has 0 aromatic heterocycles. The molecule has 1 fully saturated rings. The molecule has 0 bridgehead atoms. The lowest BCUT2D eigenvalue weighted by Crippen LogP contribution is -2.47. The smallest absolute Gasteiger partial charge is 0.311 e. The van der Waals surface area contributed by atoms with Crippen molar-refractivity contribution in [1.29, 1.82) is 0 Å². The number of carbonyl (C=O) groups excluding carboxylic acids is 2. The third-order valence-corrected chi connectivity index (χ3v) is 3.55. The van der Waals surface area contributed by atoms with E-state index in [1.54, 1.807) is 13.8 Å². The van der Waals surface area contributed by atoms with Crippen LogP contribution in [0.3, 0.4) is 0 Å². The van der Waals surface area contributed by atoms with E-state index in [0.29, 0.717) is 6.42 Å². The monoisotopic (exact) mass is 272 g/mol. The van der Waals surface area contributed by atoms with Crippen LogP contribution in [0.1, 0.15) is 41.0 Å². The van der Waals surface area contributed by atoms with Crippen molar-refractivity contribution >= 4 is 11.9 Å². The highest BCUT2D eigenvalue weighted by molar-refractivity contribution is 5.74. The van der Waals surface area contributed by atoms with Crippen LogP contribution < -0.4 is 0 Å². The van der Waals surface area contributed by atoms with Gasteiger partial charge in [0.1, 0.15) is 13.2 Å². The second kappa shape index (κ2) is 5.46. The molecule has 1 aliphatic heterocycles. The molecule has 1 unspecified atom stereocenters. The molecule has 19 heavy (non-hydrogen) atoms. The first-order valence-electron chi connectivity index (χ1n) is 6.36. The largest absolute Gasteiger partial charge is 0.462 e. The van der Waals surface area contributed by atoms with E-state index in [4.69, 9.17) is 4.74 Å². The number of hydroxylamine groups is 2. The normalized spacial score (nSPS) is 25.1. The Morgan fingerprint density at radius 1 is 1.16 bits per heavy atom. The molecule has 0 saturated carbocycles. The second-order valence-corrected chi connectivity index (χ2v) is 6.02. The summed E-state index contributed by atoms with van der Waals surface area (Å²) in [6.07, 6.45) is 0.454. The predicted molar refractivity (Wildman–Crippen MR) is 66.4 cm³/mol. The average Bonchev–Trinajstić information content (AvgIpc) is 2.45. The van der Waals surface area contributed by atoms with Crippen LogP contribution in [0, 0.1) is 5.92 Å². The van der Waals surface area contributed by atoms with Gasteiger partial charge in [0, 0.05) is 12.5 Å². The van der Waals surface area contributed by atoms with E-state index < -0.39 is 28.9 Å². The number of rotatable bonds is 4. The number of nitrogens with zero attached hydrogens (tertiary/aromatic N) is 1. The lowest BCUT2D eigenvalue weighted by atomic mass is 9.87. The number of ether oxygens (including phenoxy) is 2. The van der Waals surface area contributed by atoms with Gasteiger partial charge in [-0.25, -0.2) is 0 Å². The van der Waals surface area contributed by atoms with Crippen LogP contribution >= 0.6 is 0 Å². The summed E-state index contributed by atoms with van der Waals surface area (Å²) >= 11 is 0. The Morgan fingerprint density at radius 2 is 1.68 bits per heavy atom. The summed E-state index contributed by atoms with van der Waals surface area (Å²) in [6, 6.07) is 0. The first-order chi connectivity index (χ1) is 8.59. The minimum absolute atomic E-state index is 0.0181. The third-order valence-electron chi connectivity index (χ3n) is 3.55. The summed E-state index contributed by atoms with van der Waals surface area (Å²) in [6.45, 7) is 8.46. The predicted octanol–water partition coefficient (Wildman–Crippen LogP) is 1.32. The van der Waals surface area contributed by atoms with Crippen LogP contribution in [0.25, 0.3) is 0 Å². The maximum absolute atomic E-state index is 12.1. The number of hydrogen-bond donors (Lipinski definition) is 0. The van der Waals surface area contributed by atoms with Crippen LogP contribution in [0.4, 0.5) is 0 Å². The van der Waals surface area contributed by atoms with Crippen molar-refractivity contribution in [3.8, 4) is 0 Å². The minimum Gasteiger partial charge on any atom is -0.462 e. The van der Waals surface area contributed by atoms with Gasteiger partial charge in [0.05, 0.1) is 11.5 Å². The van der Waals surface area contributed by atoms with Gasteiger partial charge in [0.2, 0.25) is 0 Å². The van der Waals surface area contributed by atoms with E-state index in [0.717, 1.165) is 5.06 Å². The van der Waals surface area contributed by atoms with E-state index in [2.05, 4.69) is 4.74 Å². The van der Waals surface area contributed by atoms with Crippen LogP contribution in [0.15, 0.2) is 0 Å². The molecule has 0 aromatic rings. The molecule has 0 aromatic carbocycles. The molecule has 1 atom stereocenters. The summed E-state index contributed by atoms with van der Waals surface area (Å²) < 4.78 is 9.75. The maximum Gasteiger partial charge on any atom is 0.311 e. The van der Waals surface area contributed by atoms with Gasteiger partial charge in [-0.05, 0) is 34.1 Å². The van der Waals surface area contributed by atoms with Crippen LogP contribution in [0.2, 0.25) is 0 Å². The summed E-state index contributed by atoms with van der Waals surface area (Å²) in [5.41, 5.74) is -1.37. The summed E-state index contributed by atoms with van der Waals surface area (Å²) in [5, 5.41) is 13.1.